The van der Waals surface area contributed by atoms with E-state index in [-0.39, 0.29) is 27.1 Å². The van der Waals surface area contributed by atoms with Crippen molar-refractivity contribution in [3.05, 3.63) is 46.2 Å². The highest BCUT2D eigenvalue weighted by Crippen LogP contribution is 2.22. The number of carboxylic acids is 1. The first-order chi connectivity index (χ1) is 11.7. The van der Waals surface area contributed by atoms with Gasteiger partial charge in [0.2, 0.25) is 10.0 Å². The normalized spacial score (nSPS) is 12.6. The number of hydrogen-bond donors (Lipinski definition) is 3. The van der Waals surface area contributed by atoms with Gasteiger partial charge in [0.05, 0.1) is 21.0 Å². The van der Waals surface area contributed by atoms with Gasteiger partial charge in [-0.2, -0.15) is 0 Å². The van der Waals surface area contributed by atoms with Crippen molar-refractivity contribution in [2.75, 3.05) is 5.32 Å². The van der Waals surface area contributed by atoms with E-state index in [4.69, 9.17) is 5.11 Å². The number of carboxylic acid groups (broad SMARTS) is 1. The van der Waals surface area contributed by atoms with Crippen molar-refractivity contribution < 1.29 is 23.1 Å². The minimum Gasteiger partial charge on any atom is -0.478 e. The van der Waals surface area contributed by atoms with Gasteiger partial charge in [0.25, 0.3) is 5.91 Å². The Labute approximate surface area is 149 Å². The number of amides is 1. The molecule has 0 saturated carbocycles. The van der Waals surface area contributed by atoms with Gasteiger partial charge < -0.3 is 10.4 Å². The van der Waals surface area contributed by atoms with E-state index in [2.05, 4.69) is 10.0 Å². The van der Waals surface area contributed by atoms with Gasteiger partial charge in [0.15, 0.2) is 0 Å². The lowest BCUT2D eigenvalue weighted by Gasteiger charge is -2.10. The molecule has 0 radical (unpaired) electrons. The molecule has 1 heterocycles. The van der Waals surface area contributed by atoms with Crippen LogP contribution in [0.4, 0.5) is 5.69 Å². The number of benzene rings is 1. The zero-order valence-electron chi connectivity index (χ0n) is 13.6. The van der Waals surface area contributed by atoms with Gasteiger partial charge in [-0.15, -0.1) is 11.3 Å². The van der Waals surface area contributed by atoms with Gasteiger partial charge in [0, 0.05) is 11.4 Å². The van der Waals surface area contributed by atoms with E-state index < -0.39 is 21.9 Å². The second-order valence-electron chi connectivity index (χ2n) is 5.38. The highest BCUT2D eigenvalue weighted by Gasteiger charge is 2.21. The van der Waals surface area contributed by atoms with Crippen LogP contribution in [0.2, 0.25) is 0 Å². The molecule has 0 saturated heterocycles. The molecule has 0 aliphatic rings. The lowest BCUT2D eigenvalue weighted by atomic mass is 10.2. The van der Waals surface area contributed by atoms with Gasteiger partial charge in [-0.05, 0) is 31.5 Å². The largest absolute Gasteiger partial charge is 0.478 e. The minimum absolute atomic E-state index is 0.00877. The van der Waals surface area contributed by atoms with E-state index in [0.29, 0.717) is 6.42 Å². The third kappa shape index (κ3) is 4.65. The van der Waals surface area contributed by atoms with E-state index in [9.17, 15) is 18.0 Å². The van der Waals surface area contributed by atoms with Gasteiger partial charge in [-0.3, -0.25) is 4.79 Å². The summed E-state index contributed by atoms with van der Waals surface area (Å²) in [4.78, 5) is 23.6. The summed E-state index contributed by atoms with van der Waals surface area (Å²) in [7, 11) is -3.69. The molecule has 1 atom stereocenters. The number of thiophene rings is 1. The van der Waals surface area contributed by atoms with Crippen molar-refractivity contribution in [3.8, 4) is 0 Å². The van der Waals surface area contributed by atoms with E-state index in [1.54, 1.807) is 19.1 Å². The molecule has 0 bridgehead atoms. The van der Waals surface area contributed by atoms with Crippen molar-refractivity contribution in [2.24, 2.45) is 0 Å². The number of carbonyl (C=O) groups excluding carboxylic acids is 1. The molecule has 7 nitrogen and oxygen atoms in total. The number of para-hydroxylation sites is 1. The molecular weight excluding hydrogens is 364 g/mol. The summed E-state index contributed by atoms with van der Waals surface area (Å²) in [6.45, 7) is 3.61. The van der Waals surface area contributed by atoms with Crippen LogP contribution in [0.25, 0.3) is 0 Å². The molecule has 1 aromatic carbocycles. The van der Waals surface area contributed by atoms with Gasteiger partial charge in [0.1, 0.15) is 0 Å². The van der Waals surface area contributed by atoms with Crippen molar-refractivity contribution in [1.29, 1.82) is 0 Å². The molecule has 9 heteroatoms. The number of sulfonamides is 1. The molecule has 0 spiro atoms. The quantitative estimate of drug-likeness (QED) is 0.681. The fourth-order valence-corrected chi connectivity index (χ4v) is 4.45. The Morgan fingerprint density at radius 1 is 1.28 bits per heavy atom. The predicted molar refractivity (Wildman–Crippen MR) is 95.7 cm³/mol. The lowest BCUT2D eigenvalue weighted by Crippen LogP contribution is -2.31. The number of aromatic carboxylic acids is 1. The van der Waals surface area contributed by atoms with Crippen LogP contribution in [0.3, 0.4) is 0 Å². The maximum absolute atomic E-state index is 12.3. The van der Waals surface area contributed by atoms with Gasteiger partial charge in [-0.25, -0.2) is 17.9 Å². The number of carbonyl (C=O) groups is 2. The first-order valence-corrected chi connectivity index (χ1v) is 9.85. The molecule has 2 rings (SSSR count). The molecule has 2 aromatic rings. The molecule has 0 fully saturated rings. The fourth-order valence-electron chi connectivity index (χ4n) is 1.96. The Kier molecular flexibility index (Phi) is 5.93. The lowest BCUT2D eigenvalue weighted by molar-refractivity contribution is 0.0698. The average molecular weight is 382 g/mol. The first-order valence-electron chi connectivity index (χ1n) is 7.49. The molecule has 25 heavy (non-hydrogen) atoms. The summed E-state index contributed by atoms with van der Waals surface area (Å²) in [5.41, 5.74) is 0.106. The Balaban J connectivity index is 2.20. The minimum atomic E-state index is -3.69. The van der Waals surface area contributed by atoms with E-state index in [1.165, 1.54) is 23.6 Å². The van der Waals surface area contributed by atoms with Crippen LogP contribution >= 0.6 is 11.3 Å². The molecule has 0 aliphatic carbocycles. The average Bonchev–Trinajstić information content (AvgIpc) is 3.05. The zero-order valence-corrected chi connectivity index (χ0v) is 15.3. The Morgan fingerprint density at radius 2 is 1.96 bits per heavy atom. The molecule has 3 N–H and O–H groups in total. The highest BCUT2D eigenvalue weighted by molar-refractivity contribution is 7.89. The standard InChI is InChI=1S/C16H18N2O5S2/c1-3-10(2)18-25(22,23)11-8-14(24-9-11)15(19)17-13-7-5-4-6-12(13)16(20)21/h4-10,18H,3H2,1-2H3,(H,17,19)(H,20,21)/t10-/m1/s1. The van der Waals surface area contributed by atoms with Crippen LogP contribution in [0.5, 0.6) is 0 Å². The Morgan fingerprint density at radius 3 is 2.60 bits per heavy atom. The summed E-state index contributed by atoms with van der Waals surface area (Å²) < 4.78 is 27.0. The van der Waals surface area contributed by atoms with Crippen molar-refractivity contribution in [3.63, 3.8) is 0 Å². The topological polar surface area (TPSA) is 113 Å². The number of nitrogens with one attached hydrogen (secondary N) is 2. The third-order valence-corrected chi connectivity index (χ3v) is 6.13. The maximum atomic E-state index is 12.3. The Hall–Kier alpha value is -2.23. The predicted octanol–water partition coefficient (Wildman–Crippen LogP) is 2.78. The molecular formula is C16H18N2O5S2. The van der Waals surface area contributed by atoms with E-state index in [0.717, 1.165) is 11.3 Å². The summed E-state index contributed by atoms with van der Waals surface area (Å²) in [5, 5.41) is 13.0. The smallest absolute Gasteiger partial charge is 0.337 e. The van der Waals surface area contributed by atoms with Crippen molar-refractivity contribution in [1.82, 2.24) is 4.72 Å². The molecule has 0 aliphatic heterocycles. The monoisotopic (exact) mass is 382 g/mol. The van der Waals surface area contributed by atoms with Crippen LogP contribution in [0, 0.1) is 0 Å². The molecule has 1 aromatic heterocycles. The number of anilines is 1. The summed E-state index contributed by atoms with van der Waals surface area (Å²) in [6.07, 6.45) is 0.642. The second-order valence-corrected chi connectivity index (χ2v) is 8.01. The SMILES string of the molecule is CC[C@@H](C)NS(=O)(=O)c1csc(C(=O)Nc2ccccc2C(=O)O)c1. The number of rotatable bonds is 7. The molecule has 1 amide bonds. The van der Waals surface area contributed by atoms with E-state index in [1.807, 2.05) is 6.92 Å². The van der Waals surface area contributed by atoms with E-state index >= 15 is 0 Å². The van der Waals surface area contributed by atoms with Gasteiger partial charge >= 0.3 is 5.97 Å². The van der Waals surface area contributed by atoms with Gasteiger partial charge in [-0.1, -0.05) is 19.1 Å². The molecule has 134 valence electrons. The summed E-state index contributed by atoms with van der Waals surface area (Å²) in [6, 6.07) is 7.05. The molecule has 0 unspecified atom stereocenters. The van der Waals surface area contributed by atoms with Crippen LogP contribution in [-0.4, -0.2) is 31.4 Å². The number of hydrogen-bond acceptors (Lipinski definition) is 5. The van der Waals surface area contributed by atoms with Crippen molar-refractivity contribution in [2.45, 2.75) is 31.2 Å². The summed E-state index contributed by atoms with van der Waals surface area (Å²) in [5.74, 6) is -1.73. The zero-order chi connectivity index (χ0) is 18.6. The second kappa shape index (κ2) is 7.77. The Bertz CT molecular complexity index is 889. The van der Waals surface area contributed by atoms with Crippen molar-refractivity contribution >= 4 is 38.9 Å². The summed E-state index contributed by atoms with van der Waals surface area (Å²) >= 11 is 0.974. The van der Waals surface area contributed by atoms with Crippen LogP contribution < -0.4 is 10.0 Å². The van der Waals surface area contributed by atoms with Crippen LogP contribution in [-0.2, 0) is 10.0 Å². The fraction of sp³-hybridized carbons (Fsp3) is 0.250. The first kappa shape index (κ1) is 19.1. The highest BCUT2D eigenvalue weighted by atomic mass is 32.2. The third-order valence-electron chi connectivity index (χ3n) is 3.48. The maximum Gasteiger partial charge on any atom is 0.337 e. The van der Waals surface area contributed by atoms with Crippen LogP contribution in [0.15, 0.2) is 40.6 Å². The van der Waals surface area contributed by atoms with Crippen LogP contribution in [0.1, 0.15) is 40.3 Å².